The molecule has 3 rings (SSSR count). The molecule has 0 unspecified atom stereocenters. The first-order valence-corrected chi connectivity index (χ1v) is 10.7. The summed E-state index contributed by atoms with van der Waals surface area (Å²) in [5, 5.41) is 3.08. The summed E-state index contributed by atoms with van der Waals surface area (Å²) in [5.41, 5.74) is 2.08. The Morgan fingerprint density at radius 1 is 1.21 bits per heavy atom. The van der Waals surface area contributed by atoms with Crippen LogP contribution in [0.15, 0.2) is 34.5 Å². The maximum absolute atomic E-state index is 12.3. The van der Waals surface area contributed by atoms with E-state index in [1.165, 1.54) is 12.8 Å². The maximum atomic E-state index is 12.3. The molecule has 1 aromatic heterocycles. The van der Waals surface area contributed by atoms with Gasteiger partial charge >= 0.3 is 0 Å². The van der Waals surface area contributed by atoms with Crippen LogP contribution in [0.1, 0.15) is 31.0 Å². The number of hydrogen-bond donors (Lipinski definition) is 1. The average Bonchev–Trinajstić information content (AvgIpc) is 3.26. The Labute approximate surface area is 147 Å². The monoisotopic (exact) mass is 365 g/mol. The first-order chi connectivity index (χ1) is 11.6. The number of aromatic nitrogens is 1. The van der Waals surface area contributed by atoms with Crippen LogP contribution >= 0.6 is 11.3 Å². The van der Waals surface area contributed by atoms with Crippen LogP contribution in [0.3, 0.4) is 0 Å². The molecule has 0 spiro atoms. The highest BCUT2D eigenvalue weighted by atomic mass is 32.2. The summed E-state index contributed by atoms with van der Waals surface area (Å²) in [6.07, 6.45) is 3.96. The quantitative estimate of drug-likeness (QED) is 0.819. The predicted octanol–water partition coefficient (Wildman–Crippen LogP) is 2.83. The van der Waals surface area contributed by atoms with Crippen molar-refractivity contribution >= 4 is 26.5 Å². The van der Waals surface area contributed by atoms with Crippen LogP contribution in [0.4, 0.5) is 5.13 Å². The highest BCUT2D eigenvalue weighted by molar-refractivity contribution is 7.89. The third kappa shape index (κ3) is 4.15. The Bertz CT molecular complexity index is 763. The Kier molecular flexibility index (Phi) is 5.53. The van der Waals surface area contributed by atoms with E-state index in [0.717, 1.165) is 35.9 Å². The van der Waals surface area contributed by atoms with Gasteiger partial charge in [0.05, 0.1) is 10.6 Å². The number of nitrogens with one attached hydrogen (secondary N) is 1. The van der Waals surface area contributed by atoms with Crippen LogP contribution in [-0.2, 0) is 22.9 Å². The number of anilines is 1. The van der Waals surface area contributed by atoms with E-state index in [4.69, 9.17) is 0 Å². The minimum atomic E-state index is -3.45. The van der Waals surface area contributed by atoms with Gasteiger partial charge in [-0.2, -0.15) is 0 Å². The van der Waals surface area contributed by atoms with E-state index < -0.39 is 10.0 Å². The lowest BCUT2D eigenvalue weighted by molar-refractivity contribution is 0.581. The Balaban J connectivity index is 1.55. The van der Waals surface area contributed by atoms with Gasteiger partial charge in [0.1, 0.15) is 0 Å². The minimum absolute atomic E-state index is 0.315. The van der Waals surface area contributed by atoms with Crippen molar-refractivity contribution in [3.63, 3.8) is 0 Å². The number of thiazole rings is 1. The topological polar surface area (TPSA) is 62.3 Å². The van der Waals surface area contributed by atoms with Crippen LogP contribution in [-0.4, -0.2) is 33.0 Å². The third-order valence-electron chi connectivity index (χ3n) is 4.23. The normalized spacial score (nSPS) is 15.1. The van der Waals surface area contributed by atoms with Gasteiger partial charge in [0, 0.05) is 31.4 Å². The van der Waals surface area contributed by atoms with Crippen LogP contribution in [0.5, 0.6) is 0 Å². The molecule has 1 aliphatic rings. The van der Waals surface area contributed by atoms with Gasteiger partial charge in [-0.05, 0) is 37.0 Å². The van der Waals surface area contributed by atoms with Crippen molar-refractivity contribution in [2.45, 2.75) is 37.5 Å². The smallest absolute Gasteiger partial charge is 0.240 e. The Morgan fingerprint density at radius 2 is 1.92 bits per heavy atom. The molecule has 24 heavy (non-hydrogen) atoms. The molecule has 0 bridgehead atoms. The van der Waals surface area contributed by atoms with Gasteiger partial charge in [0.25, 0.3) is 0 Å². The standard InChI is InChI=1S/C17H23N3O2S2/c1-2-14-5-7-16(8-6-14)24(21,22)18-10-9-15-13-23-17(19-15)20-11-3-4-12-20/h5-8,13,18H,2-4,9-12H2,1H3. The second-order valence-corrected chi connectivity index (χ2v) is 8.56. The molecule has 1 aromatic carbocycles. The third-order valence-corrected chi connectivity index (χ3v) is 6.66. The molecule has 0 amide bonds. The van der Waals surface area contributed by atoms with Crippen molar-refractivity contribution in [3.05, 3.63) is 40.9 Å². The van der Waals surface area contributed by atoms with Gasteiger partial charge < -0.3 is 4.90 Å². The molecular formula is C17H23N3O2S2. The molecule has 7 heteroatoms. The van der Waals surface area contributed by atoms with Gasteiger partial charge in [-0.15, -0.1) is 11.3 Å². The molecule has 0 saturated carbocycles. The fourth-order valence-electron chi connectivity index (χ4n) is 2.77. The summed E-state index contributed by atoms with van der Waals surface area (Å²) in [6, 6.07) is 7.04. The average molecular weight is 366 g/mol. The first-order valence-electron chi connectivity index (χ1n) is 8.36. The number of nitrogens with zero attached hydrogens (tertiary/aromatic N) is 2. The molecule has 2 heterocycles. The number of hydrogen-bond acceptors (Lipinski definition) is 5. The number of rotatable bonds is 7. The number of benzene rings is 1. The van der Waals surface area contributed by atoms with Crippen LogP contribution < -0.4 is 9.62 Å². The van der Waals surface area contributed by atoms with E-state index in [2.05, 4.69) is 14.6 Å². The summed E-state index contributed by atoms with van der Waals surface area (Å²) in [4.78, 5) is 7.23. The lowest BCUT2D eigenvalue weighted by atomic mass is 10.2. The molecule has 1 saturated heterocycles. The van der Waals surface area contributed by atoms with Crippen molar-refractivity contribution in [1.29, 1.82) is 0 Å². The van der Waals surface area contributed by atoms with Crippen molar-refractivity contribution in [2.75, 3.05) is 24.5 Å². The predicted molar refractivity (Wildman–Crippen MR) is 98.3 cm³/mol. The molecular weight excluding hydrogens is 342 g/mol. The number of aryl methyl sites for hydroxylation is 1. The fourth-order valence-corrected chi connectivity index (χ4v) is 4.71. The highest BCUT2D eigenvalue weighted by Crippen LogP contribution is 2.24. The van der Waals surface area contributed by atoms with Crippen molar-refractivity contribution in [3.8, 4) is 0 Å². The van der Waals surface area contributed by atoms with Gasteiger partial charge in [-0.25, -0.2) is 18.1 Å². The Morgan fingerprint density at radius 3 is 2.58 bits per heavy atom. The first kappa shape index (κ1) is 17.4. The van der Waals surface area contributed by atoms with Crippen molar-refractivity contribution in [1.82, 2.24) is 9.71 Å². The van der Waals surface area contributed by atoms with Gasteiger partial charge in [-0.3, -0.25) is 0 Å². The van der Waals surface area contributed by atoms with Crippen molar-refractivity contribution in [2.24, 2.45) is 0 Å². The zero-order valence-corrected chi connectivity index (χ0v) is 15.5. The summed E-state index contributed by atoms with van der Waals surface area (Å²) in [5.74, 6) is 0. The summed E-state index contributed by atoms with van der Waals surface area (Å²) in [7, 11) is -3.45. The molecule has 1 aliphatic heterocycles. The van der Waals surface area contributed by atoms with Gasteiger partial charge in [0.15, 0.2) is 5.13 Å². The molecule has 5 nitrogen and oxygen atoms in total. The fraction of sp³-hybridized carbons (Fsp3) is 0.471. The molecule has 0 aliphatic carbocycles. The van der Waals surface area contributed by atoms with Crippen LogP contribution in [0, 0.1) is 0 Å². The van der Waals surface area contributed by atoms with Crippen LogP contribution in [0.2, 0.25) is 0 Å². The molecule has 1 N–H and O–H groups in total. The molecule has 0 atom stereocenters. The largest absolute Gasteiger partial charge is 0.348 e. The summed E-state index contributed by atoms with van der Waals surface area (Å²) in [6.45, 7) is 4.56. The van der Waals surface area contributed by atoms with E-state index >= 15 is 0 Å². The molecule has 0 radical (unpaired) electrons. The lowest BCUT2D eigenvalue weighted by Gasteiger charge is -2.12. The highest BCUT2D eigenvalue weighted by Gasteiger charge is 2.16. The van der Waals surface area contributed by atoms with E-state index in [1.807, 2.05) is 24.4 Å². The van der Waals surface area contributed by atoms with Gasteiger partial charge in [-0.1, -0.05) is 19.1 Å². The van der Waals surface area contributed by atoms with E-state index in [9.17, 15) is 8.42 Å². The van der Waals surface area contributed by atoms with E-state index in [1.54, 1.807) is 23.5 Å². The molecule has 130 valence electrons. The van der Waals surface area contributed by atoms with E-state index in [0.29, 0.717) is 17.9 Å². The summed E-state index contributed by atoms with van der Waals surface area (Å²) >= 11 is 1.64. The second-order valence-electron chi connectivity index (χ2n) is 5.96. The minimum Gasteiger partial charge on any atom is -0.348 e. The van der Waals surface area contributed by atoms with E-state index in [-0.39, 0.29) is 0 Å². The van der Waals surface area contributed by atoms with Gasteiger partial charge in [0.2, 0.25) is 10.0 Å². The second kappa shape index (κ2) is 7.63. The van der Waals surface area contributed by atoms with Crippen molar-refractivity contribution < 1.29 is 8.42 Å². The zero-order chi connectivity index (χ0) is 17.0. The maximum Gasteiger partial charge on any atom is 0.240 e. The van der Waals surface area contributed by atoms with Crippen LogP contribution in [0.25, 0.3) is 0 Å². The summed E-state index contributed by atoms with van der Waals surface area (Å²) < 4.78 is 27.3. The number of sulfonamides is 1. The zero-order valence-electron chi connectivity index (χ0n) is 13.9. The molecule has 2 aromatic rings. The SMILES string of the molecule is CCc1ccc(S(=O)(=O)NCCc2csc(N3CCCC3)n2)cc1. The lowest BCUT2D eigenvalue weighted by Crippen LogP contribution is -2.26. The Hall–Kier alpha value is -1.44. The molecule has 1 fully saturated rings.